The number of halogens is 3. The van der Waals surface area contributed by atoms with E-state index in [0.29, 0.717) is 24.3 Å². The third-order valence-electron chi connectivity index (χ3n) is 2.09. The number of hydrogen-bond donors (Lipinski definition) is 1. The molecular formula is C11H11ClF2O3. The molecule has 0 radical (unpaired) electrons. The van der Waals surface area contributed by atoms with Crippen LogP contribution >= 0.6 is 11.6 Å². The number of ether oxygens (including phenoxy) is 1. The molecular weight excluding hydrogens is 254 g/mol. The van der Waals surface area contributed by atoms with Gasteiger partial charge in [-0.1, -0.05) is 6.07 Å². The molecule has 0 saturated heterocycles. The number of rotatable bonds is 6. The van der Waals surface area contributed by atoms with Crippen molar-refractivity contribution in [2.45, 2.75) is 19.5 Å². The van der Waals surface area contributed by atoms with E-state index in [0.717, 1.165) is 0 Å². The smallest absolute Gasteiger partial charge is 0.387 e. The van der Waals surface area contributed by atoms with Gasteiger partial charge >= 0.3 is 12.6 Å². The normalized spacial score (nSPS) is 10.6. The molecule has 0 aliphatic heterocycles. The first-order valence-corrected chi connectivity index (χ1v) is 5.45. The Balaban J connectivity index is 2.97. The Morgan fingerprint density at radius 1 is 1.47 bits per heavy atom. The molecule has 1 rings (SSSR count). The molecule has 1 aromatic rings. The van der Waals surface area contributed by atoms with E-state index in [-0.39, 0.29) is 11.3 Å². The van der Waals surface area contributed by atoms with Crippen LogP contribution in [0.25, 0.3) is 0 Å². The van der Waals surface area contributed by atoms with Crippen LogP contribution in [0.5, 0.6) is 5.75 Å². The Morgan fingerprint density at radius 2 is 2.18 bits per heavy atom. The first-order chi connectivity index (χ1) is 8.04. The number of aromatic carboxylic acids is 1. The van der Waals surface area contributed by atoms with Crippen LogP contribution < -0.4 is 4.74 Å². The first-order valence-electron chi connectivity index (χ1n) is 4.91. The molecule has 17 heavy (non-hydrogen) atoms. The zero-order valence-corrected chi connectivity index (χ0v) is 9.58. The van der Waals surface area contributed by atoms with Gasteiger partial charge in [0.05, 0.1) is 0 Å². The number of benzene rings is 1. The maximum atomic E-state index is 12.1. The van der Waals surface area contributed by atoms with Gasteiger partial charge in [0.1, 0.15) is 11.3 Å². The van der Waals surface area contributed by atoms with Gasteiger partial charge < -0.3 is 9.84 Å². The fraction of sp³-hybridized carbons (Fsp3) is 0.364. The van der Waals surface area contributed by atoms with Crippen molar-refractivity contribution in [1.82, 2.24) is 0 Å². The van der Waals surface area contributed by atoms with Crippen molar-refractivity contribution >= 4 is 17.6 Å². The number of hydrogen-bond acceptors (Lipinski definition) is 2. The summed E-state index contributed by atoms with van der Waals surface area (Å²) >= 11 is 5.51. The highest BCUT2D eigenvalue weighted by Crippen LogP contribution is 2.23. The van der Waals surface area contributed by atoms with Gasteiger partial charge in [0.2, 0.25) is 0 Å². The molecule has 0 amide bonds. The SMILES string of the molecule is O=C(O)c1ccc(CCCCl)cc1OC(F)F. The molecule has 0 aliphatic rings. The molecule has 6 heteroatoms. The van der Waals surface area contributed by atoms with E-state index in [1.165, 1.54) is 12.1 Å². The second-order valence-corrected chi connectivity index (χ2v) is 3.68. The molecule has 3 nitrogen and oxygen atoms in total. The molecule has 0 unspecified atom stereocenters. The second kappa shape index (κ2) is 6.39. The first kappa shape index (κ1) is 13.7. The summed E-state index contributed by atoms with van der Waals surface area (Å²) in [6.07, 6.45) is 1.27. The van der Waals surface area contributed by atoms with Crippen molar-refractivity contribution in [1.29, 1.82) is 0 Å². The summed E-state index contributed by atoms with van der Waals surface area (Å²) in [7, 11) is 0. The van der Waals surface area contributed by atoms with Crippen LogP contribution in [0.4, 0.5) is 8.78 Å². The predicted octanol–water partition coefficient (Wildman–Crippen LogP) is 3.16. The van der Waals surface area contributed by atoms with Gasteiger partial charge in [0, 0.05) is 5.88 Å². The summed E-state index contributed by atoms with van der Waals surface area (Å²) in [4.78, 5) is 10.8. The average Bonchev–Trinajstić information content (AvgIpc) is 2.25. The lowest BCUT2D eigenvalue weighted by Gasteiger charge is -2.09. The van der Waals surface area contributed by atoms with Crippen molar-refractivity contribution < 1.29 is 23.4 Å². The van der Waals surface area contributed by atoms with Crippen molar-refractivity contribution in [2.24, 2.45) is 0 Å². The topological polar surface area (TPSA) is 46.5 Å². The average molecular weight is 265 g/mol. The van der Waals surface area contributed by atoms with E-state index in [2.05, 4.69) is 4.74 Å². The zero-order chi connectivity index (χ0) is 12.8. The van der Waals surface area contributed by atoms with Crippen molar-refractivity contribution in [3.63, 3.8) is 0 Å². The fourth-order valence-electron chi connectivity index (χ4n) is 1.36. The highest BCUT2D eigenvalue weighted by molar-refractivity contribution is 6.17. The van der Waals surface area contributed by atoms with Gasteiger partial charge in [-0.05, 0) is 30.5 Å². The monoisotopic (exact) mass is 264 g/mol. The Labute approximate surface area is 102 Å². The summed E-state index contributed by atoms with van der Waals surface area (Å²) in [6.45, 7) is -3.05. The molecule has 0 bridgehead atoms. The van der Waals surface area contributed by atoms with Crippen molar-refractivity contribution in [2.75, 3.05) is 5.88 Å². The number of aryl methyl sites for hydroxylation is 1. The second-order valence-electron chi connectivity index (χ2n) is 3.31. The molecule has 0 fully saturated rings. The van der Waals surface area contributed by atoms with Crippen LogP contribution in [0.15, 0.2) is 18.2 Å². The number of carboxylic acids is 1. The Hall–Kier alpha value is -1.36. The number of carboxylic acid groups (broad SMARTS) is 1. The van der Waals surface area contributed by atoms with Crippen LogP contribution in [-0.2, 0) is 6.42 Å². The molecule has 0 spiro atoms. The maximum Gasteiger partial charge on any atom is 0.387 e. The highest BCUT2D eigenvalue weighted by atomic mass is 35.5. The molecule has 94 valence electrons. The van der Waals surface area contributed by atoms with E-state index < -0.39 is 12.6 Å². The molecule has 0 atom stereocenters. The van der Waals surface area contributed by atoms with E-state index in [1.807, 2.05) is 0 Å². The van der Waals surface area contributed by atoms with Crippen LogP contribution in [0, 0.1) is 0 Å². The summed E-state index contributed by atoms with van der Waals surface area (Å²) in [5.41, 5.74) is 0.436. The Bertz CT molecular complexity index is 396. The van der Waals surface area contributed by atoms with Crippen LogP contribution in [-0.4, -0.2) is 23.6 Å². The lowest BCUT2D eigenvalue weighted by molar-refractivity contribution is -0.0503. The Kier molecular flexibility index (Phi) is 5.15. The highest BCUT2D eigenvalue weighted by Gasteiger charge is 2.15. The van der Waals surface area contributed by atoms with Crippen LogP contribution in [0.1, 0.15) is 22.3 Å². The molecule has 0 heterocycles. The van der Waals surface area contributed by atoms with Gasteiger partial charge in [-0.15, -0.1) is 11.6 Å². The summed E-state index contributed by atoms with van der Waals surface area (Å²) in [5, 5.41) is 8.80. The third kappa shape index (κ3) is 4.19. The standard InChI is InChI=1S/C11H11ClF2O3/c12-5-1-2-7-3-4-8(10(15)16)9(6-7)17-11(13)14/h3-4,6,11H,1-2,5H2,(H,15,16). The molecule has 0 saturated carbocycles. The number of alkyl halides is 3. The van der Waals surface area contributed by atoms with Gasteiger partial charge in [0.25, 0.3) is 0 Å². The van der Waals surface area contributed by atoms with E-state index in [1.54, 1.807) is 6.07 Å². The third-order valence-corrected chi connectivity index (χ3v) is 2.36. The van der Waals surface area contributed by atoms with E-state index in [9.17, 15) is 13.6 Å². The zero-order valence-electron chi connectivity index (χ0n) is 8.83. The summed E-state index contributed by atoms with van der Waals surface area (Å²) < 4.78 is 28.4. The van der Waals surface area contributed by atoms with E-state index in [4.69, 9.17) is 16.7 Å². The van der Waals surface area contributed by atoms with Gasteiger partial charge in [-0.2, -0.15) is 8.78 Å². The van der Waals surface area contributed by atoms with Crippen molar-refractivity contribution in [3.8, 4) is 5.75 Å². The quantitative estimate of drug-likeness (QED) is 0.803. The minimum Gasteiger partial charge on any atom is -0.478 e. The molecule has 0 aliphatic carbocycles. The van der Waals surface area contributed by atoms with Crippen molar-refractivity contribution in [3.05, 3.63) is 29.3 Å². The minimum atomic E-state index is -3.05. The van der Waals surface area contributed by atoms with Gasteiger partial charge in [-0.25, -0.2) is 4.79 Å². The lowest BCUT2D eigenvalue weighted by Crippen LogP contribution is -2.08. The largest absolute Gasteiger partial charge is 0.478 e. The maximum absolute atomic E-state index is 12.1. The molecule has 0 aromatic heterocycles. The Morgan fingerprint density at radius 3 is 2.71 bits per heavy atom. The fourth-order valence-corrected chi connectivity index (χ4v) is 1.50. The summed E-state index contributed by atoms with van der Waals surface area (Å²) in [6, 6.07) is 4.13. The minimum absolute atomic E-state index is 0.278. The van der Waals surface area contributed by atoms with Gasteiger partial charge in [0.15, 0.2) is 0 Å². The number of carbonyl (C=O) groups is 1. The predicted molar refractivity (Wildman–Crippen MR) is 59.1 cm³/mol. The van der Waals surface area contributed by atoms with Crippen LogP contribution in [0.3, 0.4) is 0 Å². The van der Waals surface area contributed by atoms with Crippen LogP contribution in [0.2, 0.25) is 0 Å². The molecule has 1 aromatic carbocycles. The molecule has 1 N–H and O–H groups in total. The summed E-state index contributed by atoms with van der Waals surface area (Å²) in [5.74, 6) is -1.17. The van der Waals surface area contributed by atoms with E-state index >= 15 is 0 Å². The lowest BCUT2D eigenvalue weighted by atomic mass is 10.1. The van der Waals surface area contributed by atoms with Gasteiger partial charge in [-0.3, -0.25) is 0 Å².